The zero-order valence-electron chi connectivity index (χ0n) is 46.4. The normalized spacial score (nSPS) is 46.5. The Hall–Kier alpha value is -0.560. The maximum Gasteiger partial charge on any atom is 0.0696 e. The van der Waals surface area contributed by atoms with E-state index in [0.29, 0.717) is 6.04 Å². The van der Waals surface area contributed by atoms with Crippen molar-refractivity contribution in [1.82, 2.24) is 60.5 Å². The van der Waals surface area contributed by atoms with Gasteiger partial charge in [-0.15, -0.1) is 0 Å². The fraction of sp³-hybridized carbons (Fsp3) is 1.00. The van der Waals surface area contributed by atoms with Crippen LogP contribution in [0.2, 0.25) is 0 Å². The minimum absolute atomic E-state index is 0.0503. The number of likely N-dealkylation sites (N-methyl/N-ethyl adjacent to an activating group) is 5. The molecule has 0 amide bonds. The quantitative estimate of drug-likeness (QED) is 0.230. The van der Waals surface area contributed by atoms with Gasteiger partial charge in [0.15, 0.2) is 0 Å². The molecule has 0 aromatic heterocycles. The molecule has 13 heterocycles. The van der Waals surface area contributed by atoms with E-state index in [0.717, 1.165) is 104 Å². The molecule has 0 aromatic carbocycles. The third-order valence-electron chi connectivity index (χ3n) is 20.5. The van der Waals surface area contributed by atoms with E-state index in [-0.39, 0.29) is 16.9 Å². The van der Waals surface area contributed by atoms with Crippen molar-refractivity contribution in [3.05, 3.63) is 0 Å². The first-order valence-corrected chi connectivity index (χ1v) is 28.8. The number of aliphatic hydroxyl groups excluding tert-OH is 1. The van der Waals surface area contributed by atoms with E-state index in [9.17, 15) is 5.11 Å². The van der Waals surface area contributed by atoms with Crippen molar-refractivity contribution in [2.24, 2.45) is 46.2 Å². The summed E-state index contributed by atoms with van der Waals surface area (Å²) in [5.74, 6) is 4.67. The van der Waals surface area contributed by atoms with Gasteiger partial charge in [0.2, 0.25) is 0 Å². The first-order valence-electron chi connectivity index (χ1n) is 28.8. The number of likely N-dealkylation sites (tertiary alicyclic amines) is 7. The first kappa shape index (κ1) is 54.7. The summed E-state index contributed by atoms with van der Waals surface area (Å²) in [6.45, 7) is 29.6. The second-order valence-electron chi connectivity index (χ2n) is 26.7. The highest BCUT2D eigenvalue weighted by Gasteiger charge is 2.54. The summed E-state index contributed by atoms with van der Waals surface area (Å²) in [5, 5.41) is 24.4. The fourth-order valence-corrected chi connectivity index (χ4v) is 16.8. The van der Waals surface area contributed by atoms with E-state index in [1.165, 1.54) is 149 Å². The summed E-state index contributed by atoms with van der Waals surface area (Å²) in [7, 11) is 15.4. The van der Waals surface area contributed by atoms with E-state index < -0.39 is 0 Å². The number of rotatable bonds is 1. The van der Waals surface area contributed by atoms with Crippen LogP contribution in [0.4, 0.5) is 0 Å². The molecule has 0 radical (unpaired) electrons. The highest BCUT2D eigenvalue weighted by molar-refractivity contribution is 5.07. The Morgan fingerprint density at radius 3 is 1.36 bits per heavy atom. The van der Waals surface area contributed by atoms with Crippen LogP contribution in [-0.2, 0) is 0 Å². The molecule has 7 N–H and O–H groups in total. The summed E-state index contributed by atoms with van der Waals surface area (Å²) in [5.41, 5.74) is 6.12. The molecule has 400 valence electrons. The molecular formula is C55H109N13O. The van der Waals surface area contributed by atoms with E-state index >= 15 is 0 Å². The molecule has 2 saturated carbocycles. The molecular weight excluding hydrogens is 859 g/mol. The van der Waals surface area contributed by atoms with Crippen LogP contribution in [0.5, 0.6) is 0 Å². The molecule has 14 bridgehead atoms. The summed E-state index contributed by atoms with van der Waals surface area (Å²) >= 11 is 0. The Balaban J connectivity index is 0.000000109. The van der Waals surface area contributed by atoms with E-state index in [2.05, 4.69) is 137 Å². The van der Waals surface area contributed by atoms with Gasteiger partial charge in [-0.1, -0.05) is 27.7 Å². The largest absolute Gasteiger partial charge is 0.392 e. The van der Waals surface area contributed by atoms with Crippen LogP contribution in [0.25, 0.3) is 0 Å². The molecule has 14 heteroatoms. The van der Waals surface area contributed by atoms with Crippen LogP contribution >= 0.6 is 0 Å². The number of hydrogen-bond acceptors (Lipinski definition) is 14. The Morgan fingerprint density at radius 1 is 0.493 bits per heavy atom. The molecule has 0 aromatic rings. The topological polar surface area (TPSA) is 120 Å². The molecule has 14 nitrogen and oxygen atoms in total. The van der Waals surface area contributed by atoms with Gasteiger partial charge in [-0.2, -0.15) is 0 Å². The standard InChI is InChI=1S/C11H22N2O.2C8H16N2.C8H15N.2C7H14N2.C6H12N2/c1-10-5-12(3)7-11(2,9(10)14)8-13(4)6-10;1-10-4-6-2-3-7(5-10)8(6)9;1-3-10-6-7-4-8(10)5-9(7)2;1-6-7-2-3-8(6)5-9-4-7;1-9-5-6-2-3-7(9)4-8-6;1-9-4-6-2-3-7(5-9)8-6;1-8-4-5-2-6(8)3-7-5/h9,14H,5-8H2,1-4H3;6-8H,2-5,9H2,1H3;7-8H,3-6H2,1-2H3;6-9H,2-5H2,1H3;2*6-8H,2-5H2,1H3;5-7H,2-4H2,1H3. The molecule has 12 atom stereocenters. The average Bonchev–Trinajstić information content (AvgIpc) is 4.19. The van der Waals surface area contributed by atoms with Crippen LogP contribution in [0.3, 0.4) is 0 Å². The van der Waals surface area contributed by atoms with Crippen LogP contribution in [0.15, 0.2) is 0 Å². The van der Waals surface area contributed by atoms with Crippen LogP contribution < -0.4 is 27.0 Å². The first-order chi connectivity index (χ1) is 32.9. The second kappa shape index (κ2) is 24.0. The van der Waals surface area contributed by atoms with Crippen LogP contribution in [0.1, 0.15) is 91.9 Å². The zero-order chi connectivity index (χ0) is 49.2. The zero-order valence-corrected chi connectivity index (χ0v) is 46.4. The van der Waals surface area contributed by atoms with E-state index in [1.54, 1.807) is 0 Å². The summed E-state index contributed by atoms with van der Waals surface area (Å²) in [6, 6.07) is 7.25. The number of fused-ring (bicyclic) bond motifs is 15. The lowest BCUT2D eigenvalue weighted by atomic mass is 9.63. The number of nitrogens with zero attached hydrogens (tertiary/aromatic N) is 8. The Morgan fingerprint density at radius 2 is 0.986 bits per heavy atom. The Labute approximate surface area is 423 Å². The Bertz CT molecular complexity index is 1480. The van der Waals surface area contributed by atoms with Gasteiger partial charge in [0.1, 0.15) is 0 Å². The Kier molecular flexibility index (Phi) is 19.0. The van der Waals surface area contributed by atoms with Gasteiger partial charge in [-0.25, -0.2) is 0 Å². The molecule has 2 aliphatic carbocycles. The maximum atomic E-state index is 10.4. The highest BCUT2D eigenvalue weighted by atomic mass is 16.3. The molecule has 0 spiro atoms. The van der Waals surface area contributed by atoms with Gasteiger partial charge < -0.3 is 66.4 Å². The molecule has 13 saturated heterocycles. The summed E-state index contributed by atoms with van der Waals surface area (Å²) in [6.07, 6.45) is 14.0. The van der Waals surface area contributed by atoms with E-state index in [1.807, 2.05) is 0 Å². The van der Waals surface area contributed by atoms with Gasteiger partial charge in [-0.3, -0.25) is 4.90 Å². The lowest BCUT2D eigenvalue weighted by Gasteiger charge is -2.58. The third kappa shape index (κ3) is 13.7. The smallest absolute Gasteiger partial charge is 0.0696 e. The monoisotopic (exact) mass is 968 g/mol. The van der Waals surface area contributed by atoms with Crippen molar-refractivity contribution in [1.29, 1.82) is 0 Å². The molecule has 15 fully saturated rings. The van der Waals surface area contributed by atoms with Crippen molar-refractivity contribution >= 4 is 0 Å². The second-order valence-corrected chi connectivity index (χ2v) is 26.7. The molecule has 13 aliphatic heterocycles. The predicted octanol–water partition coefficient (Wildman–Crippen LogP) is 1.95. The molecule has 12 unspecified atom stereocenters. The average molecular weight is 969 g/mol. The summed E-state index contributed by atoms with van der Waals surface area (Å²) < 4.78 is 0. The molecule has 15 aliphatic rings. The van der Waals surface area contributed by atoms with Crippen molar-refractivity contribution in [3.8, 4) is 0 Å². The number of piperidine rings is 6. The lowest BCUT2D eigenvalue weighted by Crippen LogP contribution is -2.68. The van der Waals surface area contributed by atoms with Crippen LogP contribution in [0, 0.1) is 40.4 Å². The maximum absolute atomic E-state index is 10.4. The van der Waals surface area contributed by atoms with Crippen molar-refractivity contribution in [2.45, 2.75) is 152 Å². The number of nitrogens with one attached hydrogen (secondary N) is 4. The van der Waals surface area contributed by atoms with Crippen molar-refractivity contribution in [2.75, 3.05) is 161 Å². The third-order valence-corrected chi connectivity index (χ3v) is 20.5. The predicted molar refractivity (Wildman–Crippen MR) is 287 cm³/mol. The lowest BCUT2D eigenvalue weighted by molar-refractivity contribution is -0.165. The molecule has 15 rings (SSSR count). The number of hydrogen-bond donors (Lipinski definition) is 6. The van der Waals surface area contributed by atoms with Gasteiger partial charge in [-0.05, 0) is 163 Å². The summed E-state index contributed by atoms with van der Waals surface area (Å²) in [4.78, 5) is 19.6. The van der Waals surface area contributed by atoms with E-state index in [4.69, 9.17) is 5.73 Å². The highest BCUT2D eigenvalue weighted by Crippen LogP contribution is 2.45. The van der Waals surface area contributed by atoms with Crippen molar-refractivity contribution in [3.63, 3.8) is 0 Å². The van der Waals surface area contributed by atoms with Crippen molar-refractivity contribution < 1.29 is 5.11 Å². The minimum atomic E-state index is -0.151. The number of aliphatic hydroxyl groups is 1. The van der Waals surface area contributed by atoms with Gasteiger partial charge in [0, 0.05) is 157 Å². The minimum Gasteiger partial charge on any atom is -0.392 e. The number of nitrogens with two attached hydrogens (primary N) is 1. The fourth-order valence-electron chi connectivity index (χ4n) is 16.8. The van der Waals surface area contributed by atoms with Gasteiger partial charge >= 0.3 is 0 Å². The van der Waals surface area contributed by atoms with Crippen LogP contribution in [-0.4, -0.2) is 265 Å². The SMILES string of the molecule is CC1C2CCC1CNC2.CCN1CC2CC1CN2C.CN1CC2(C)CN(C)CC(C)(C1)C2O.CN1CC2CC1CN2.CN1CC2CCC(C1)C2N.CN1CC2CCC(C1)N2.CN1CC2CCC1CN2. The van der Waals surface area contributed by atoms with Gasteiger partial charge in [0.25, 0.3) is 0 Å². The van der Waals surface area contributed by atoms with Gasteiger partial charge in [0.05, 0.1) is 6.10 Å². The molecule has 69 heavy (non-hydrogen) atoms. The number of piperazine rings is 4.